The molecule has 1 heterocycles. The Bertz CT molecular complexity index is 713. The lowest BCUT2D eigenvalue weighted by Gasteiger charge is -2.28. The predicted octanol–water partition coefficient (Wildman–Crippen LogP) is -0.896. The first-order valence-corrected chi connectivity index (χ1v) is 8.72. The predicted molar refractivity (Wildman–Crippen MR) is 85.5 cm³/mol. The fourth-order valence-electron chi connectivity index (χ4n) is 2.42. The number of methoxy groups -OCH3 is 2. The van der Waals surface area contributed by atoms with Gasteiger partial charge in [-0.3, -0.25) is 9.35 Å². The standard InChI is InChI=1S/C14H20N2O8S/c1-7-9(13(18)23-3)11(10(8(2)16-7)14(19)24-4)12(17)15-5-6-25(20,21)22/h11,16H,5-6H2,1-4H3,(H,15,17)(H,20,21,22). The molecule has 0 spiro atoms. The van der Waals surface area contributed by atoms with Crippen molar-refractivity contribution >= 4 is 28.0 Å². The zero-order chi connectivity index (χ0) is 19.4. The Morgan fingerprint density at radius 2 is 1.52 bits per heavy atom. The van der Waals surface area contributed by atoms with E-state index in [0.717, 1.165) is 14.2 Å². The van der Waals surface area contributed by atoms with Gasteiger partial charge in [0.15, 0.2) is 0 Å². The van der Waals surface area contributed by atoms with Crippen molar-refractivity contribution in [3.05, 3.63) is 22.5 Å². The second-order valence-corrected chi connectivity index (χ2v) is 6.77. The highest BCUT2D eigenvalue weighted by atomic mass is 32.2. The number of allylic oxidation sites excluding steroid dienone is 2. The van der Waals surface area contributed by atoms with Crippen molar-refractivity contribution in [1.82, 2.24) is 10.6 Å². The quantitative estimate of drug-likeness (QED) is 0.396. The van der Waals surface area contributed by atoms with Crippen molar-refractivity contribution in [3.63, 3.8) is 0 Å². The smallest absolute Gasteiger partial charge is 0.336 e. The highest BCUT2D eigenvalue weighted by Gasteiger charge is 2.41. The Morgan fingerprint density at radius 1 is 1.08 bits per heavy atom. The summed E-state index contributed by atoms with van der Waals surface area (Å²) in [6.45, 7) is 2.66. The van der Waals surface area contributed by atoms with Gasteiger partial charge in [-0.1, -0.05) is 0 Å². The van der Waals surface area contributed by atoms with Gasteiger partial charge < -0.3 is 20.1 Å². The van der Waals surface area contributed by atoms with Gasteiger partial charge in [-0.2, -0.15) is 8.42 Å². The summed E-state index contributed by atoms with van der Waals surface area (Å²) < 4.78 is 39.6. The molecule has 1 rings (SSSR count). The van der Waals surface area contributed by atoms with Crippen LogP contribution in [-0.2, 0) is 34.0 Å². The highest BCUT2D eigenvalue weighted by Crippen LogP contribution is 2.31. The Kier molecular flexibility index (Phi) is 6.70. The third kappa shape index (κ3) is 5.03. The Morgan fingerprint density at radius 3 is 1.88 bits per heavy atom. The molecule has 1 amide bonds. The lowest BCUT2D eigenvalue weighted by molar-refractivity contribution is -0.140. The molecular weight excluding hydrogens is 356 g/mol. The second kappa shape index (κ2) is 8.12. The van der Waals surface area contributed by atoms with Gasteiger partial charge in [0, 0.05) is 17.9 Å². The first kappa shape index (κ1) is 20.6. The second-order valence-electron chi connectivity index (χ2n) is 5.20. The van der Waals surface area contributed by atoms with E-state index in [-0.39, 0.29) is 11.1 Å². The number of amides is 1. The Hall–Kier alpha value is -2.40. The average molecular weight is 376 g/mol. The number of carbonyl (C=O) groups excluding carboxylic acids is 3. The summed E-state index contributed by atoms with van der Waals surface area (Å²) in [5, 5.41) is 5.09. The molecule has 0 aromatic rings. The number of hydrogen-bond acceptors (Lipinski definition) is 8. The number of carbonyl (C=O) groups is 3. The summed E-state index contributed by atoms with van der Waals surface area (Å²) in [5.74, 6) is -4.51. The summed E-state index contributed by atoms with van der Waals surface area (Å²) in [7, 11) is -2.03. The topological polar surface area (TPSA) is 148 Å². The Labute approximate surface area is 145 Å². The number of esters is 2. The highest BCUT2D eigenvalue weighted by molar-refractivity contribution is 7.85. The molecule has 0 saturated heterocycles. The molecule has 0 unspecified atom stereocenters. The van der Waals surface area contributed by atoms with Gasteiger partial charge in [-0.15, -0.1) is 0 Å². The van der Waals surface area contributed by atoms with Crippen LogP contribution in [0, 0.1) is 5.92 Å². The first-order valence-electron chi connectivity index (χ1n) is 7.11. The molecule has 11 heteroatoms. The van der Waals surface area contributed by atoms with Crippen molar-refractivity contribution in [1.29, 1.82) is 0 Å². The lowest BCUT2D eigenvalue weighted by Crippen LogP contribution is -2.43. The minimum absolute atomic E-state index is 0.0992. The van der Waals surface area contributed by atoms with Crippen molar-refractivity contribution in [3.8, 4) is 0 Å². The van der Waals surface area contributed by atoms with Crippen LogP contribution in [-0.4, -0.2) is 57.3 Å². The Balaban J connectivity index is 3.26. The molecule has 0 fully saturated rings. The summed E-state index contributed by atoms with van der Waals surface area (Å²) in [5.41, 5.74) is 0.426. The van der Waals surface area contributed by atoms with Crippen LogP contribution in [0.25, 0.3) is 0 Å². The summed E-state index contributed by atoms with van der Waals surface area (Å²) in [4.78, 5) is 36.7. The van der Waals surface area contributed by atoms with E-state index in [9.17, 15) is 22.8 Å². The zero-order valence-electron chi connectivity index (χ0n) is 14.2. The molecule has 0 aromatic heterocycles. The molecular formula is C14H20N2O8S. The first-order chi connectivity index (χ1) is 11.5. The molecule has 1 aliphatic heterocycles. The molecule has 0 bridgehead atoms. The van der Waals surface area contributed by atoms with Gasteiger partial charge in [-0.05, 0) is 13.8 Å². The number of rotatable bonds is 6. The summed E-state index contributed by atoms with van der Waals surface area (Å²) in [6.07, 6.45) is 0. The van der Waals surface area contributed by atoms with Crippen LogP contribution in [0.15, 0.2) is 22.5 Å². The lowest BCUT2D eigenvalue weighted by atomic mass is 9.84. The molecule has 25 heavy (non-hydrogen) atoms. The maximum Gasteiger partial charge on any atom is 0.336 e. The molecule has 0 radical (unpaired) electrons. The molecule has 0 aromatic carbocycles. The molecule has 0 aliphatic carbocycles. The van der Waals surface area contributed by atoms with Gasteiger partial charge in [0.25, 0.3) is 10.1 Å². The molecule has 0 saturated carbocycles. The summed E-state index contributed by atoms with van der Waals surface area (Å²) in [6, 6.07) is 0. The van der Waals surface area contributed by atoms with Crippen LogP contribution >= 0.6 is 0 Å². The number of dihydropyridines is 1. The van der Waals surface area contributed by atoms with Crippen LogP contribution in [0.3, 0.4) is 0 Å². The van der Waals surface area contributed by atoms with E-state index in [0.29, 0.717) is 11.4 Å². The molecule has 10 nitrogen and oxygen atoms in total. The molecule has 140 valence electrons. The van der Waals surface area contributed by atoms with E-state index in [4.69, 9.17) is 4.55 Å². The van der Waals surface area contributed by atoms with E-state index in [1.54, 1.807) is 0 Å². The largest absolute Gasteiger partial charge is 0.466 e. The maximum atomic E-state index is 12.5. The van der Waals surface area contributed by atoms with Gasteiger partial charge in [-0.25, -0.2) is 9.59 Å². The fraction of sp³-hybridized carbons (Fsp3) is 0.500. The fourth-order valence-corrected chi connectivity index (χ4v) is 2.78. The van der Waals surface area contributed by atoms with Gasteiger partial charge in [0.05, 0.1) is 31.1 Å². The molecule has 3 N–H and O–H groups in total. The third-order valence-electron chi connectivity index (χ3n) is 3.49. The van der Waals surface area contributed by atoms with E-state index in [1.165, 1.54) is 13.8 Å². The van der Waals surface area contributed by atoms with Gasteiger partial charge in [0.2, 0.25) is 5.91 Å². The van der Waals surface area contributed by atoms with Crippen molar-refractivity contribution in [2.75, 3.05) is 26.5 Å². The minimum Gasteiger partial charge on any atom is -0.466 e. The van der Waals surface area contributed by atoms with Crippen molar-refractivity contribution < 1.29 is 36.8 Å². The number of hydrogen-bond donors (Lipinski definition) is 3. The van der Waals surface area contributed by atoms with E-state index >= 15 is 0 Å². The molecule has 1 aliphatic rings. The average Bonchev–Trinajstić information content (AvgIpc) is 2.51. The maximum absolute atomic E-state index is 12.5. The van der Waals surface area contributed by atoms with E-state index < -0.39 is 46.2 Å². The SMILES string of the molecule is COC(=O)C1=C(C)NC(C)=C(C(=O)OC)C1C(=O)NCCS(=O)(=O)O. The minimum atomic E-state index is -4.28. The normalized spacial score (nSPS) is 15.6. The monoisotopic (exact) mass is 376 g/mol. The summed E-state index contributed by atoms with van der Waals surface area (Å²) >= 11 is 0. The van der Waals surface area contributed by atoms with Crippen LogP contribution in [0.2, 0.25) is 0 Å². The van der Waals surface area contributed by atoms with Crippen molar-refractivity contribution in [2.24, 2.45) is 5.92 Å². The van der Waals surface area contributed by atoms with Gasteiger partial charge >= 0.3 is 11.9 Å². The number of nitrogens with one attached hydrogen (secondary N) is 2. The van der Waals surface area contributed by atoms with Crippen LogP contribution in [0.1, 0.15) is 13.8 Å². The van der Waals surface area contributed by atoms with Crippen LogP contribution in [0.5, 0.6) is 0 Å². The van der Waals surface area contributed by atoms with Crippen molar-refractivity contribution in [2.45, 2.75) is 13.8 Å². The van der Waals surface area contributed by atoms with Crippen LogP contribution < -0.4 is 10.6 Å². The zero-order valence-corrected chi connectivity index (χ0v) is 15.0. The van der Waals surface area contributed by atoms with Gasteiger partial charge in [0.1, 0.15) is 5.92 Å². The van der Waals surface area contributed by atoms with Crippen LogP contribution in [0.4, 0.5) is 0 Å². The molecule has 0 atom stereocenters. The van der Waals surface area contributed by atoms with E-state index in [1.807, 2.05) is 0 Å². The number of ether oxygens (including phenoxy) is 2. The van der Waals surface area contributed by atoms with E-state index in [2.05, 4.69) is 20.1 Å². The third-order valence-corrected chi connectivity index (χ3v) is 4.21.